The number of hydrogen-bond donors (Lipinski definition) is 1. The number of aryl methyl sites for hydroxylation is 1. The first-order valence-electron chi connectivity index (χ1n) is 3.10. The van der Waals surface area contributed by atoms with Crippen LogP contribution < -0.4 is 0 Å². The summed E-state index contributed by atoms with van der Waals surface area (Å²) < 4.78 is 12.6. The van der Waals surface area contributed by atoms with Gasteiger partial charge in [-0.15, -0.1) is 0 Å². The van der Waals surface area contributed by atoms with Gasteiger partial charge in [0.05, 0.1) is 5.56 Å². The molecule has 1 rings (SSSR count). The van der Waals surface area contributed by atoms with E-state index in [0.29, 0.717) is 0 Å². The van der Waals surface area contributed by atoms with E-state index in [1.54, 1.807) is 6.92 Å². The second-order valence-electron chi connectivity index (χ2n) is 2.29. The Labute approximate surface area is 112 Å². The molecule has 1 N–H and O–H groups in total. The Balaban J connectivity index is 0.00000121. The Morgan fingerprint density at radius 2 is 2.08 bits per heavy atom. The van der Waals surface area contributed by atoms with Crippen molar-refractivity contribution in [2.24, 2.45) is 0 Å². The number of carboxylic acids is 1. The number of aromatic carboxylic acids is 1. The van der Waals surface area contributed by atoms with Crippen molar-refractivity contribution in [1.82, 2.24) is 0 Å². The average molecular weight is 194 g/mol. The van der Waals surface area contributed by atoms with Crippen LogP contribution in [0.4, 0.5) is 4.39 Å². The number of carbonyl (C=O) groups is 1. The molecule has 4 heteroatoms. The minimum atomic E-state index is -1.23. The Morgan fingerprint density at radius 1 is 1.50 bits per heavy atom. The molecule has 0 fully saturated rings. The second-order valence-corrected chi connectivity index (χ2v) is 2.29. The van der Waals surface area contributed by atoms with Crippen LogP contribution in [0.1, 0.15) is 15.9 Å². The average Bonchev–Trinajstić information content (AvgIpc) is 1.94. The van der Waals surface area contributed by atoms with Crippen molar-refractivity contribution >= 4 is 57.4 Å². The van der Waals surface area contributed by atoms with Gasteiger partial charge in [0.15, 0.2) is 0 Å². The van der Waals surface area contributed by atoms with Gasteiger partial charge in [-0.3, -0.25) is 0 Å². The molecule has 0 aromatic heterocycles. The van der Waals surface area contributed by atoms with E-state index in [1.807, 2.05) is 0 Å². The van der Waals surface area contributed by atoms with Crippen molar-refractivity contribution in [1.29, 1.82) is 0 Å². The number of carboxylic acid groups (broad SMARTS) is 1. The number of rotatable bonds is 1. The third kappa shape index (κ3) is 2.95. The normalized spacial score (nSPS) is 8.83. The summed E-state index contributed by atoms with van der Waals surface area (Å²) in [6, 6.07) is 3.98. The van der Waals surface area contributed by atoms with Crippen molar-refractivity contribution in [2.45, 2.75) is 6.92 Å². The van der Waals surface area contributed by atoms with Crippen LogP contribution in [-0.2, 0) is 0 Å². The van der Waals surface area contributed by atoms with Gasteiger partial charge in [-0.2, -0.15) is 0 Å². The van der Waals surface area contributed by atoms with Gasteiger partial charge in [-0.1, -0.05) is 11.6 Å². The third-order valence-corrected chi connectivity index (χ3v) is 1.35. The van der Waals surface area contributed by atoms with Crippen LogP contribution >= 0.6 is 0 Å². The van der Waals surface area contributed by atoms with Crippen LogP contribution in [0.25, 0.3) is 0 Å². The molecule has 1 aromatic carbocycles. The summed E-state index contributed by atoms with van der Waals surface area (Å²) >= 11 is 0. The fourth-order valence-corrected chi connectivity index (χ4v) is 0.803. The molecular formula is C8H8FKO2. The van der Waals surface area contributed by atoms with E-state index in [0.717, 1.165) is 11.6 Å². The van der Waals surface area contributed by atoms with E-state index in [9.17, 15) is 9.18 Å². The van der Waals surface area contributed by atoms with E-state index in [4.69, 9.17) is 5.11 Å². The first-order valence-corrected chi connectivity index (χ1v) is 3.10. The molecule has 1 aromatic rings. The van der Waals surface area contributed by atoms with Gasteiger partial charge in [0.1, 0.15) is 5.82 Å². The summed E-state index contributed by atoms with van der Waals surface area (Å²) in [5.74, 6) is -1.92. The van der Waals surface area contributed by atoms with Crippen LogP contribution in [-0.4, -0.2) is 62.5 Å². The Bertz CT molecular complexity index is 299. The van der Waals surface area contributed by atoms with Crippen molar-refractivity contribution < 1.29 is 14.3 Å². The van der Waals surface area contributed by atoms with Gasteiger partial charge in [-0.25, -0.2) is 9.18 Å². The molecule has 0 heterocycles. The zero-order chi connectivity index (χ0) is 8.43. The van der Waals surface area contributed by atoms with Crippen molar-refractivity contribution in [2.75, 3.05) is 0 Å². The Kier molecular flexibility index (Phi) is 5.20. The summed E-state index contributed by atoms with van der Waals surface area (Å²) in [7, 11) is 0. The van der Waals surface area contributed by atoms with Gasteiger partial charge in [0, 0.05) is 0 Å². The fraction of sp³-hybridized carbons (Fsp3) is 0.125. The summed E-state index contributed by atoms with van der Waals surface area (Å²) in [6.07, 6.45) is 0. The quantitative estimate of drug-likeness (QED) is 0.682. The molecule has 0 saturated carbocycles. The van der Waals surface area contributed by atoms with E-state index in [1.165, 1.54) is 12.1 Å². The van der Waals surface area contributed by atoms with Gasteiger partial charge in [0.25, 0.3) is 0 Å². The first kappa shape index (κ1) is 12.3. The van der Waals surface area contributed by atoms with E-state index in [2.05, 4.69) is 0 Å². The predicted octanol–water partition coefficient (Wildman–Crippen LogP) is 1.18. The van der Waals surface area contributed by atoms with Crippen LogP contribution in [0.15, 0.2) is 18.2 Å². The molecule has 12 heavy (non-hydrogen) atoms. The van der Waals surface area contributed by atoms with Gasteiger partial charge in [0.2, 0.25) is 0 Å². The number of benzene rings is 1. The molecule has 0 aliphatic carbocycles. The van der Waals surface area contributed by atoms with E-state index >= 15 is 0 Å². The van der Waals surface area contributed by atoms with E-state index in [-0.39, 0.29) is 56.9 Å². The Hall–Kier alpha value is 0.256. The summed E-state index contributed by atoms with van der Waals surface area (Å²) in [5, 5.41) is 8.45. The van der Waals surface area contributed by atoms with Crippen molar-refractivity contribution in [3.05, 3.63) is 35.1 Å². The van der Waals surface area contributed by atoms with Crippen LogP contribution in [0, 0.1) is 12.7 Å². The number of halogens is 1. The van der Waals surface area contributed by atoms with Crippen LogP contribution in [0.3, 0.4) is 0 Å². The zero-order valence-corrected chi connectivity index (χ0v) is 5.97. The molecule has 0 unspecified atom stereocenters. The molecule has 0 atom stereocenters. The molecule has 60 valence electrons. The Morgan fingerprint density at radius 3 is 2.50 bits per heavy atom. The predicted molar refractivity (Wildman–Crippen MR) is 45.2 cm³/mol. The molecule has 0 spiro atoms. The van der Waals surface area contributed by atoms with Gasteiger partial charge < -0.3 is 5.11 Å². The summed E-state index contributed by atoms with van der Waals surface area (Å²) in [5.41, 5.74) is 0.466. The third-order valence-electron chi connectivity index (χ3n) is 1.35. The molecule has 0 radical (unpaired) electrons. The molecule has 0 saturated heterocycles. The molecule has 2 nitrogen and oxygen atoms in total. The maximum atomic E-state index is 12.6. The zero-order valence-electron chi connectivity index (χ0n) is 5.97. The summed E-state index contributed by atoms with van der Waals surface area (Å²) in [6.45, 7) is 1.71. The molecule has 0 amide bonds. The monoisotopic (exact) mass is 194 g/mol. The first-order chi connectivity index (χ1) is 5.11. The van der Waals surface area contributed by atoms with E-state index < -0.39 is 11.8 Å². The summed E-state index contributed by atoms with van der Waals surface area (Å²) in [4.78, 5) is 10.3. The van der Waals surface area contributed by atoms with Crippen molar-refractivity contribution in [3.63, 3.8) is 0 Å². The molecule has 0 aliphatic heterocycles. The SMILES string of the molecule is Cc1ccc(F)c(C(=O)O)c1.[KH]. The molecule has 0 bridgehead atoms. The second kappa shape index (κ2) is 5.09. The van der Waals surface area contributed by atoms with Gasteiger partial charge >= 0.3 is 57.4 Å². The standard InChI is InChI=1S/C8H7FO2.K.H/c1-5-2-3-7(9)6(4-5)8(10)11;;/h2-4H,1H3,(H,10,11);;. The maximum absolute atomic E-state index is 12.6. The van der Waals surface area contributed by atoms with Crippen molar-refractivity contribution in [3.8, 4) is 0 Å². The fourth-order valence-electron chi connectivity index (χ4n) is 0.803. The number of hydrogen-bond acceptors (Lipinski definition) is 1. The topological polar surface area (TPSA) is 37.3 Å². The van der Waals surface area contributed by atoms with Crippen LogP contribution in [0.2, 0.25) is 0 Å². The molecular weight excluding hydrogens is 186 g/mol. The minimum absolute atomic E-state index is 0. The van der Waals surface area contributed by atoms with Crippen LogP contribution in [0.5, 0.6) is 0 Å². The van der Waals surface area contributed by atoms with Gasteiger partial charge in [-0.05, 0) is 19.1 Å². The molecule has 0 aliphatic rings.